The lowest BCUT2D eigenvalue weighted by Crippen LogP contribution is -2.08. The Morgan fingerprint density at radius 2 is 2.09 bits per heavy atom. The third kappa shape index (κ3) is 3.80. The van der Waals surface area contributed by atoms with Crippen LogP contribution in [0.1, 0.15) is 56.1 Å². The van der Waals surface area contributed by atoms with E-state index in [4.69, 9.17) is 4.74 Å². The smallest absolute Gasteiger partial charge is 0.149 e. The van der Waals surface area contributed by atoms with Crippen LogP contribution in [0, 0.1) is 17.8 Å². The Labute approximate surface area is 132 Å². The molecule has 22 heavy (non-hydrogen) atoms. The average molecular weight is 294 g/mol. The summed E-state index contributed by atoms with van der Waals surface area (Å²) in [6.07, 6.45) is 11.9. The van der Waals surface area contributed by atoms with Crippen molar-refractivity contribution in [2.24, 2.45) is 5.92 Å². The van der Waals surface area contributed by atoms with Gasteiger partial charge in [0.25, 0.3) is 0 Å². The van der Waals surface area contributed by atoms with Crippen molar-refractivity contribution in [3.63, 3.8) is 0 Å². The van der Waals surface area contributed by atoms with Crippen LogP contribution in [-0.4, -0.2) is 12.9 Å². The predicted molar refractivity (Wildman–Crippen MR) is 88.7 cm³/mol. The van der Waals surface area contributed by atoms with Gasteiger partial charge in [0.1, 0.15) is 18.6 Å². The first kappa shape index (κ1) is 14.9. The maximum absolute atomic E-state index is 10.8. The molecule has 0 atom stereocenters. The molecule has 2 heteroatoms. The van der Waals surface area contributed by atoms with Crippen LogP contribution in [0.3, 0.4) is 0 Å². The normalized spacial score (nSPS) is 17.5. The van der Waals surface area contributed by atoms with E-state index in [0.29, 0.717) is 12.2 Å². The highest BCUT2D eigenvalue weighted by molar-refractivity contribution is 5.84. The van der Waals surface area contributed by atoms with Crippen LogP contribution >= 0.6 is 0 Å². The summed E-state index contributed by atoms with van der Waals surface area (Å²) in [5.74, 6) is 8.25. The molecule has 0 aromatic heterocycles. The lowest BCUT2D eigenvalue weighted by atomic mass is 9.86. The van der Waals surface area contributed by atoms with Crippen molar-refractivity contribution in [3.8, 4) is 17.6 Å². The topological polar surface area (TPSA) is 26.3 Å². The summed E-state index contributed by atoms with van der Waals surface area (Å²) in [5, 5.41) is 0. The summed E-state index contributed by atoms with van der Waals surface area (Å²) in [6, 6.07) is 5.95. The second-order valence-electron chi connectivity index (χ2n) is 6.22. The summed E-state index contributed by atoms with van der Waals surface area (Å²) in [6.45, 7) is 0.356. The molecule has 1 aromatic carbocycles. The van der Waals surface area contributed by atoms with Gasteiger partial charge in [-0.3, -0.25) is 4.79 Å². The molecule has 114 valence electrons. The quantitative estimate of drug-likeness (QED) is 0.611. The van der Waals surface area contributed by atoms with Gasteiger partial charge in [-0.15, -0.1) is 0 Å². The third-order valence-corrected chi connectivity index (χ3v) is 4.54. The molecule has 0 unspecified atom stereocenters. The van der Waals surface area contributed by atoms with E-state index >= 15 is 0 Å². The number of carbonyl (C=O) groups excluding carboxylic acids is 1. The second kappa shape index (κ2) is 7.31. The first-order valence-corrected chi connectivity index (χ1v) is 8.26. The molecule has 1 aliphatic heterocycles. The summed E-state index contributed by atoms with van der Waals surface area (Å²) in [4.78, 5) is 10.8. The minimum Gasteiger partial charge on any atom is -0.488 e. The van der Waals surface area contributed by atoms with Crippen molar-refractivity contribution in [2.45, 2.75) is 44.9 Å². The molecule has 0 bridgehead atoms. The van der Waals surface area contributed by atoms with Gasteiger partial charge in [0.2, 0.25) is 0 Å². The second-order valence-corrected chi connectivity index (χ2v) is 6.22. The van der Waals surface area contributed by atoms with Gasteiger partial charge in [-0.05, 0) is 30.5 Å². The van der Waals surface area contributed by atoms with Gasteiger partial charge in [0.15, 0.2) is 0 Å². The Balaban J connectivity index is 1.59. The maximum atomic E-state index is 10.8. The van der Waals surface area contributed by atoms with Gasteiger partial charge in [0.05, 0.1) is 0 Å². The minimum atomic E-state index is 0.356. The number of rotatable bonds is 3. The largest absolute Gasteiger partial charge is 0.488 e. The number of carbonyl (C=O) groups is 1. The van der Waals surface area contributed by atoms with Crippen LogP contribution in [-0.2, 0) is 4.79 Å². The molecule has 1 heterocycles. The molecule has 0 saturated heterocycles. The predicted octanol–water partition coefficient (Wildman–Crippen LogP) is 4.37. The van der Waals surface area contributed by atoms with Crippen LogP contribution in [0.4, 0.5) is 0 Å². The first-order valence-electron chi connectivity index (χ1n) is 8.26. The van der Waals surface area contributed by atoms with Crippen LogP contribution in [0.2, 0.25) is 0 Å². The highest BCUT2D eigenvalue weighted by Crippen LogP contribution is 2.28. The number of fused-ring (bicyclic) bond motifs is 1. The fourth-order valence-corrected chi connectivity index (χ4v) is 3.24. The zero-order valence-corrected chi connectivity index (χ0v) is 12.9. The number of hydrogen-bond donors (Lipinski definition) is 0. The summed E-state index contributed by atoms with van der Waals surface area (Å²) in [5.41, 5.74) is 2.63. The monoisotopic (exact) mass is 294 g/mol. The summed E-state index contributed by atoms with van der Waals surface area (Å²) in [7, 11) is 0. The molecular formula is C20H22O2. The first-order chi connectivity index (χ1) is 10.8. The highest BCUT2D eigenvalue weighted by Gasteiger charge is 2.12. The average Bonchev–Trinajstić information content (AvgIpc) is 2.59. The molecule has 1 saturated carbocycles. The molecule has 3 rings (SSSR count). The number of aldehydes is 1. The Morgan fingerprint density at radius 1 is 1.23 bits per heavy atom. The van der Waals surface area contributed by atoms with E-state index in [1.807, 2.05) is 24.3 Å². The maximum Gasteiger partial charge on any atom is 0.149 e. The third-order valence-electron chi connectivity index (χ3n) is 4.54. The van der Waals surface area contributed by atoms with Gasteiger partial charge in [-0.2, -0.15) is 0 Å². The fraction of sp³-hybridized carbons (Fsp3) is 0.450. The Morgan fingerprint density at radius 3 is 2.91 bits per heavy atom. The molecule has 1 aliphatic carbocycles. The van der Waals surface area contributed by atoms with E-state index in [9.17, 15) is 4.79 Å². The zero-order valence-electron chi connectivity index (χ0n) is 12.9. The van der Waals surface area contributed by atoms with Crippen molar-refractivity contribution in [1.82, 2.24) is 0 Å². The zero-order chi connectivity index (χ0) is 15.2. The fourth-order valence-electron chi connectivity index (χ4n) is 3.24. The SMILES string of the molecule is O=CC1=Cc2ccc(C#CCCC3CCCCC3)cc2OC1. The number of hydrogen-bond acceptors (Lipinski definition) is 2. The van der Waals surface area contributed by atoms with E-state index < -0.39 is 0 Å². The Hall–Kier alpha value is -2.01. The Kier molecular flexibility index (Phi) is 4.96. The van der Waals surface area contributed by atoms with Gasteiger partial charge in [-0.25, -0.2) is 0 Å². The van der Waals surface area contributed by atoms with E-state index in [1.54, 1.807) is 0 Å². The lowest BCUT2D eigenvalue weighted by molar-refractivity contribution is -0.105. The molecule has 2 nitrogen and oxygen atoms in total. The molecule has 1 fully saturated rings. The van der Waals surface area contributed by atoms with Gasteiger partial charge >= 0.3 is 0 Å². The van der Waals surface area contributed by atoms with E-state index in [0.717, 1.165) is 35.5 Å². The van der Waals surface area contributed by atoms with Crippen LogP contribution < -0.4 is 4.74 Å². The summed E-state index contributed by atoms with van der Waals surface area (Å²) < 4.78 is 5.60. The standard InChI is InChI=1S/C20H22O2/c21-14-18-12-19-11-10-17(13-20(19)22-15-18)9-5-4-8-16-6-2-1-3-7-16/h10-14,16H,1-4,6-8,15H2. The highest BCUT2D eigenvalue weighted by atomic mass is 16.5. The molecule has 0 spiro atoms. The number of ether oxygens (including phenoxy) is 1. The number of benzene rings is 1. The molecule has 0 amide bonds. The minimum absolute atomic E-state index is 0.356. The molecule has 0 radical (unpaired) electrons. The van der Waals surface area contributed by atoms with Crippen molar-refractivity contribution < 1.29 is 9.53 Å². The summed E-state index contributed by atoms with van der Waals surface area (Å²) >= 11 is 0. The molecule has 2 aliphatic rings. The molecular weight excluding hydrogens is 272 g/mol. The van der Waals surface area contributed by atoms with Crippen LogP contribution in [0.25, 0.3) is 6.08 Å². The van der Waals surface area contributed by atoms with Gasteiger partial charge in [0, 0.05) is 23.1 Å². The van der Waals surface area contributed by atoms with Crippen LogP contribution in [0.15, 0.2) is 23.8 Å². The molecule has 1 aromatic rings. The van der Waals surface area contributed by atoms with E-state index in [1.165, 1.54) is 38.5 Å². The van der Waals surface area contributed by atoms with E-state index in [-0.39, 0.29) is 0 Å². The van der Waals surface area contributed by atoms with Crippen molar-refractivity contribution in [1.29, 1.82) is 0 Å². The van der Waals surface area contributed by atoms with Crippen LogP contribution in [0.5, 0.6) is 5.75 Å². The lowest BCUT2D eigenvalue weighted by Gasteiger charge is -2.20. The Bertz CT molecular complexity index is 625. The van der Waals surface area contributed by atoms with Gasteiger partial charge in [-0.1, -0.05) is 50.0 Å². The van der Waals surface area contributed by atoms with Crippen molar-refractivity contribution >= 4 is 12.4 Å². The van der Waals surface area contributed by atoms with Crippen molar-refractivity contribution in [3.05, 3.63) is 34.9 Å². The van der Waals surface area contributed by atoms with Gasteiger partial charge < -0.3 is 4.74 Å². The van der Waals surface area contributed by atoms with Crippen molar-refractivity contribution in [2.75, 3.05) is 6.61 Å². The van der Waals surface area contributed by atoms with E-state index in [2.05, 4.69) is 11.8 Å². The molecule has 0 N–H and O–H groups in total.